The standard InChI is InChI=1S/C73H78BN3/c1-13-19-49-38-66(76-52-28-24-48(25-29-52)47-20-15-14-16-21-47)59(40-57(49)55-41-63-62(36-44(55)2)70(5,6)32-33-71(63,7)8)56-39-58-54-23-18-17-22-50(54)37-60(58)68(45(56)3)77(53-30-26-51(74)27-31-53)69-46(4)75-67-43-65-64(42-61(67)69)72(9,10)34-35-73(65,11)12/h14-18,20-31,36,38-43,75-76H,13,19,32-35,37,74H2,1-12H3. The highest BCUT2D eigenvalue weighted by Crippen LogP contribution is 2.56. The first-order valence-electron chi connectivity index (χ1n) is 28.8. The average molecular weight is 1010 g/mol. The number of hydrogen-bond donors (Lipinski definition) is 2. The molecule has 0 bridgehead atoms. The zero-order chi connectivity index (χ0) is 53.9. The van der Waals surface area contributed by atoms with E-state index in [-0.39, 0.29) is 21.7 Å². The molecule has 3 aliphatic carbocycles. The number of nitrogens with zero attached hydrogens (tertiary/aromatic N) is 1. The summed E-state index contributed by atoms with van der Waals surface area (Å²) < 4.78 is 0. The van der Waals surface area contributed by atoms with Crippen molar-refractivity contribution in [1.29, 1.82) is 0 Å². The Labute approximate surface area is 461 Å². The second kappa shape index (κ2) is 18.6. The van der Waals surface area contributed by atoms with Crippen LogP contribution < -0.4 is 15.7 Å². The maximum absolute atomic E-state index is 4.10. The molecule has 4 heteroatoms. The van der Waals surface area contributed by atoms with E-state index in [1.807, 2.05) is 0 Å². The van der Waals surface area contributed by atoms with Crippen molar-refractivity contribution in [2.75, 3.05) is 10.2 Å². The van der Waals surface area contributed by atoms with E-state index < -0.39 is 0 Å². The van der Waals surface area contributed by atoms with Gasteiger partial charge in [0.2, 0.25) is 0 Å². The van der Waals surface area contributed by atoms with E-state index in [9.17, 15) is 0 Å². The van der Waals surface area contributed by atoms with Crippen LogP contribution in [0.15, 0.2) is 146 Å². The fourth-order valence-corrected chi connectivity index (χ4v) is 13.9. The average Bonchev–Trinajstić information content (AvgIpc) is 4.04. The molecule has 3 aliphatic rings. The summed E-state index contributed by atoms with van der Waals surface area (Å²) in [4.78, 5) is 6.66. The summed E-state index contributed by atoms with van der Waals surface area (Å²) in [6.07, 6.45) is 7.61. The highest BCUT2D eigenvalue weighted by Gasteiger charge is 2.40. The van der Waals surface area contributed by atoms with E-state index in [4.69, 9.17) is 0 Å². The Morgan fingerprint density at radius 1 is 0.532 bits per heavy atom. The minimum absolute atomic E-state index is 0.0597. The summed E-state index contributed by atoms with van der Waals surface area (Å²) >= 11 is 0. The van der Waals surface area contributed by atoms with Crippen LogP contribution in [0.4, 0.5) is 28.4 Å². The van der Waals surface area contributed by atoms with Gasteiger partial charge in [-0.3, -0.25) is 0 Å². The molecule has 0 saturated heterocycles. The number of aromatic amines is 1. The van der Waals surface area contributed by atoms with E-state index in [0.717, 1.165) is 30.6 Å². The molecular weight excluding hydrogens is 930 g/mol. The SMILES string of the molecule is Bc1ccc(N(c2c(C)c(-c3cc(-c4cc5c(cc4C)C(C)(C)CCC5(C)C)c(CCC)cc3Nc3ccc(-c4ccccc4)cc3)cc3c2Cc2ccccc2-3)c2c(C)[nH]c3cc4c(cc23)C(C)(C)CCC4(C)C)cc1. The van der Waals surface area contributed by atoms with Crippen molar-refractivity contribution in [2.45, 2.75) is 150 Å². The number of fused-ring (bicyclic) bond motifs is 6. The maximum Gasteiger partial charge on any atom is 0.139 e. The van der Waals surface area contributed by atoms with E-state index in [1.165, 1.54) is 159 Å². The summed E-state index contributed by atoms with van der Waals surface area (Å²) in [6, 6.07) is 56.1. The third-order valence-corrected chi connectivity index (χ3v) is 18.8. The molecule has 1 heterocycles. The fraction of sp³-hybridized carbons (Fsp3) is 0.315. The largest absolute Gasteiger partial charge is 0.357 e. The summed E-state index contributed by atoms with van der Waals surface area (Å²) in [6.45, 7) is 29.0. The first kappa shape index (κ1) is 50.8. The molecule has 388 valence electrons. The van der Waals surface area contributed by atoms with Crippen LogP contribution in [0.1, 0.15) is 150 Å². The van der Waals surface area contributed by atoms with Gasteiger partial charge in [-0.15, -0.1) is 0 Å². The molecule has 0 spiro atoms. The minimum atomic E-state index is 0.0597. The zero-order valence-corrected chi connectivity index (χ0v) is 48.3. The predicted octanol–water partition coefficient (Wildman–Crippen LogP) is 18.8. The second-order valence-electron chi connectivity index (χ2n) is 26.1. The molecule has 77 heavy (non-hydrogen) atoms. The maximum atomic E-state index is 4.10. The topological polar surface area (TPSA) is 31.1 Å². The van der Waals surface area contributed by atoms with Crippen LogP contribution in [0.25, 0.3) is 55.4 Å². The smallest absolute Gasteiger partial charge is 0.139 e. The number of aryl methyl sites for hydroxylation is 3. The van der Waals surface area contributed by atoms with E-state index >= 15 is 0 Å². The molecule has 0 radical (unpaired) electrons. The fourth-order valence-electron chi connectivity index (χ4n) is 13.9. The highest BCUT2D eigenvalue weighted by molar-refractivity contribution is 6.32. The number of nitrogens with one attached hydrogen (secondary N) is 2. The molecule has 9 aromatic rings. The van der Waals surface area contributed by atoms with Gasteiger partial charge in [0.1, 0.15) is 7.85 Å². The molecule has 12 rings (SSSR count). The van der Waals surface area contributed by atoms with Crippen LogP contribution in [-0.4, -0.2) is 12.8 Å². The Hall–Kier alpha value is -7.04. The van der Waals surface area contributed by atoms with Crippen molar-refractivity contribution >= 4 is 52.6 Å². The van der Waals surface area contributed by atoms with E-state index in [1.54, 1.807) is 0 Å². The summed E-state index contributed by atoms with van der Waals surface area (Å²) in [5, 5.41) is 5.38. The van der Waals surface area contributed by atoms with Crippen LogP contribution in [0.5, 0.6) is 0 Å². The lowest BCUT2D eigenvalue weighted by molar-refractivity contribution is 0.332. The Kier molecular flexibility index (Phi) is 12.2. The quantitative estimate of drug-likeness (QED) is 0.134. The number of hydrogen-bond acceptors (Lipinski definition) is 2. The van der Waals surface area contributed by atoms with Crippen molar-refractivity contribution in [1.82, 2.24) is 4.98 Å². The summed E-state index contributed by atoms with van der Waals surface area (Å²) in [5.74, 6) is 0. The van der Waals surface area contributed by atoms with Crippen molar-refractivity contribution in [2.24, 2.45) is 0 Å². The monoisotopic (exact) mass is 1010 g/mol. The Bertz CT molecular complexity index is 3790. The Morgan fingerprint density at radius 3 is 1.78 bits per heavy atom. The molecule has 0 aliphatic heterocycles. The van der Waals surface area contributed by atoms with Gasteiger partial charge in [0.25, 0.3) is 0 Å². The van der Waals surface area contributed by atoms with Crippen LogP contribution in [0.2, 0.25) is 0 Å². The third kappa shape index (κ3) is 8.66. The van der Waals surface area contributed by atoms with Crippen LogP contribution in [-0.2, 0) is 34.5 Å². The molecular formula is C73H78BN3. The molecule has 8 aromatic carbocycles. The van der Waals surface area contributed by atoms with Gasteiger partial charge in [-0.2, -0.15) is 0 Å². The van der Waals surface area contributed by atoms with Crippen molar-refractivity contribution in [3.05, 3.63) is 201 Å². The van der Waals surface area contributed by atoms with Crippen LogP contribution in [0, 0.1) is 20.8 Å². The number of benzene rings is 8. The number of rotatable bonds is 10. The molecule has 0 fully saturated rings. The van der Waals surface area contributed by atoms with Crippen LogP contribution in [0.3, 0.4) is 0 Å². The van der Waals surface area contributed by atoms with Gasteiger partial charge in [0.15, 0.2) is 0 Å². The van der Waals surface area contributed by atoms with Gasteiger partial charge in [0.05, 0.1) is 11.4 Å². The summed E-state index contributed by atoms with van der Waals surface area (Å²) in [7, 11) is 2.21. The molecule has 0 amide bonds. The second-order valence-corrected chi connectivity index (χ2v) is 26.1. The number of anilines is 5. The number of H-pyrrole nitrogens is 1. The first-order valence-corrected chi connectivity index (χ1v) is 28.8. The van der Waals surface area contributed by atoms with Crippen molar-refractivity contribution in [3.63, 3.8) is 0 Å². The molecule has 0 saturated carbocycles. The summed E-state index contributed by atoms with van der Waals surface area (Å²) in [5.41, 5.74) is 32.8. The lowest BCUT2D eigenvalue weighted by Gasteiger charge is -2.42. The van der Waals surface area contributed by atoms with Gasteiger partial charge in [-0.1, -0.05) is 165 Å². The Balaban J connectivity index is 1.15. The molecule has 0 unspecified atom stereocenters. The van der Waals surface area contributed by atoms with Gasteiger partial charge in [-0.25, -0.2) is 0 Å². The normalized spacial score (nSPS) is 16.4. The lowest BCUT2D eigenvalue weighted by Crippen LogP contribution is -2.34. The molecule has 0 atom stereocenters. The minimum Gasteiger partial charge on any atom is -0.357 e. The molecule has 1 aromatic heterocycles. The van der Waals surface area contributed by atoms with Crippen molar-refractivity contribution < 1.29 is 0 Å². The highest BCUT2D eigenvalue weighted by atomic mass is 15.2. The molecule has 2 N–H and O–H groups in total. The van der Waals surface area contributed by atoms with Gasteiger partial charge in [-0.05, 0) is 218 Å². The zero-order valence-electron chi connectivity index (χ0n) is 48.3. The first-order chi connectivity index (χ1) is 36.7. The Morgan fingerprint density at radius 2 is 1.12 bits per heavy atom. The molecule has 3 nitrogen and oxygen atoms in total. The van der Waals surface area contributed by atoms with E-state index in [2.05, 4.69) is 252 Å². The predicted molar refractivity (Wildman–Crippen MR) is 334 cm³/mol. The lowest BCUT2D eigenvalue weighted by atomic mass is 9.62. The van der Waals surface area contributed by atoms with Gasteiger partial charge >= 0.3 is 0 Å². The third-order valence-electron chi connectivity index (χ3n) is 18.8. The van der Waals surface area contributed by atoms with Gasteiger partial charge in [0, 0.05) is 45.6 Å². The van der Waals surface area contributed by atoms with E-state index in [0.29, 0.717) is 0 Å². The number of aromatic nitrogens is 1. The van der Waals surface area contributed by atoms with Crippen molar-refractivity contribution in [3.8, 4) is 44.5 Å². The van der Waals surface area contributed by atoms with Crippen LogP contribution >= 0.6 is 0 Å². The van der Waals surface area contributed by atoms with Gasteiger partial charge < -0.3 is 15.2 Å².